The van der Waals surface area contributed by atoms with Crippen molar-refractivity contribution in [2.75, 3.05) is 14.1 Å². The van der Waals surface area contributed by atoms with Gasteiger partial charge in [0.05, 0.1) is 23.9 Å². The monoisotopic (exact) mass is 470 g/mol. The summed E-state index contributed by atoms with van der Waals surface area (Å²) in [6.45, 7) is 1.81. The predicted molar refractivity (Wildman–Crippen MR) is 127 cm³/mol. The molecule has 1 aromatic heterocycles. The fourth-order valence-electron chi connectivity index (χ4n) is 5.89. The van der Waals surface area contributed by atoms with Crippen molar-refractivity contribution in [3.8, 4) is 0 Å². The van der Waals surface area contributed by atoms with Crippen LogP contribution in [0.5, 0.6) is 0 Å². The molecule has 6 atom stereocenters. The lowest BCUT2D eigenvalue weighted by molar-refractivity contribution is -0.253. The summed E-state index contributed by atoms with van der Waals surface area (Å²) in [4.78, 5) is 26.1. The molecular weight excluding hydrogens is 436 g/mol. The normalized spacial score (nSPS) is 32.2. The lowest BCUT2D eigenvalue weighted by Gasteiger charge is -2.52. The van der Waals surface area contributed by atoms with E-state index in [0.29, 0.717) is 25.7 Å². The van der Waals surface area contributed by atoms with Gasteiger partial charge in [-0.25, -0.2) is 4.79 Å². The van der Waals surface area contributed by atoms with Crippen molar-refractivity contribution in [1.29, 1.82) is 0 Å². The van der Waals surface area contributed by atoms with E-state index < -0.39 is 34.9 Å². The van der Waals surface area contributed by atoms with Crippen molar-refractivity contribution in [2.24, 2.45) is 0 Å². The van der Waals surface area contributed by atoms with Crippen LogP contribution in [-0.2, 0) is 11.3 Å². The Bertz CT molecular complexity index is 1090. The summed E-state index contributed by atoms with van der Waals surface area (Å²) in [6, 6.07) is 12.6. The Balaban J connectivity index is 1.74. The first kappa shape index (κ1) is 24.6. The number of hydrogen-bond donors (Lipinski definition) is 3. The van der Waals surface area contributed by atoms with Crippen LogP contribution in [0.3, 0.4) is 0 Å². The number of carbonyl (C=O) groups is 1. The van der Waals surface area contributed by atoms with Crippen molar-refractivity contribution in [3.63, 3.8) is 0 Å². The Hall–Kier alpha value is -2.52. The smallest absolute Gasteiger partial charge is 0.341 e. The second-order valence-electron chi connectivity index (χ2n) is 10.2. The van der Waals surface area contributed by atoms with Gasteiger partial charge in [-0.05, 0) is 70.3 Å². The molecule has 0 saturated carbocycles. The average Bonchev–Trinajstić information content (AvgIpc) is 2.87. The third-order valence-corrected chi connectivity index (χ3v) is 7.70. The summed E-state index contributed by atoms with van der Waals surface area (Å²) in [5.74, 6) is -1.25. The molecule has 184 valence electrons. The molecule has 0 radical (unpaired) electrons. The number of aromatic nitrogens is 1. The van der Waals surface area contributed by atoms with Crippen molar-refractivity contribution in [3.05, 3.63) is 70.1 Å². The third kappa shape index (κ3) is 4.43. The fourth-order valence-corrected chi connectivity index (χ4v) is 5.89. The number of pyridine rings is 1. The van der Waals surface area contributed by atoms with E-state index in [1.807, 2.05) is 44.1 Å². The van der Waals surface area contributed by atoms with Crippen LogP contribution in [0.15, 0.2) is 53.5 Å². The van der Waals surface area contributed by atoms with Gasteiger partial charge in [0.15, 0.2) is 0 Å². The lowest BCUT2D eigenvalue weighted by atomic mass is 9.72. The Morgan fingerprint density at radius 3 is 2.56 bits per heavy atom. The molecule has 2 bridgehead atoms. The number of aromatic carboxylic acids is 1. The number of carboxylic acids is 1. The lowest BCUT2D eigenvalue weighted by Crippen LogP contribution is -2.60. The highest BCUT2D eigenvalue weighted by atomic mass is 16.6. The second-order valence-corrected chi connectivity index (χ2v) is 10.2. The summed E-state index contributed by atoms with van der Waals surface area (Å²) < 4.78 is 7.90. The van der Waals surface area contributed by atoms with E-state index in [0.717, 1.165) is 5.56 Å². The first-order valence-corrected chi connectivity index (χ1v) is 11.8. The number of benzene rings is 1. The number of aliphatic hydroxyl groups is 2. The van der Waals surface area contributed by atoms with Gasteiger partial charge in [-0.1, -0.05) is 30.3 Å². The summed E-state index contributed by atoms with van der Waals surface area (Å²) in [5, 5.41) is 32.3. The SMILES string of the molecule is CN(C)[C@@H]1CC[C@@]2(C(O)Cn3cccc(C(=O)O)c3=O)C[C@H](c3ccccc3)C[C@](C)(O2)[C@H]1O. The highest BCUT2D eigenvalue weighted by Gasteiger charge is 2.57. The number of fused-ring (bicyclic) bond motifs is 2. The number of carboxylic acid groups (broad SMARTS) is 1. The maximum Gasteiger partial charge on any atom is 0.341 e. The molecule has 2 fully saturated rings. The van der Waals surface area contributed by atoms with Gasteiger partial charge in [0.2, 0.25) is 0 Å². The van der Waals surface area contributed by atoms with Gasteiger partial charge in [0, 0.05) is 12.2 Å². The van der Waals surface area contributed by atoms with E-state index in [9.17, 15) is 24.9 Å². The molecule has 2 aromatic rings. The van der Waals surface area contributed by atoms with Gasteiger partial charge in [0.25, 0.3) is 5.56 Å². The van der Waals surface area contributed by atoms with Gasteiger partial charge in [-0.15, -0.1) is 0 Å². The zero-order chi connectivity index (χ0) is 24.7. The Kier molecular flexibility index (Phi) is 6.70. The number of likely N-dealkylation sites (N-methyl/N-ethyl adjacent to an activating group) is 1. The summed E-state index contributed by atoms with van der Waals surface area (Å²) >= 11 is 0. The molecule has 3 heterocycles. The molecule has 2 aliphatic heterocycles. The minimum atomic E-state index is -1.30. The first-order chi connectivity index (χ1) is 16.1. The van der Waals surface area contributed by atoms with Crippen molar-refractivity contribution in [1.82, 2.24) is 9.47 Å². The van der Waals surface area contributed by atoms with Crippen LogP contribution in [0.25, 0.3) is 0 Å². The van der Waals surface area contributed by atoms with E-state index >= 15 is 0 Å². The number of aliphatic hydroxyl groups excluding tert-OH is 2. The molecule has 4 rings (SSSR count). The molecule has 1 unspecified atom stereocenters. The molecule has 1 aromatic carbocycles. The zero-order valence-corrected chi connectivity index (χ0v) is 19.9. The maximum atomic E-state index is 12.7. The minimum absolute atomic E-state index is 0.0484. The molecule has 0 aliphatic carbocycles. The van der Waals surface area contributed by atoms with E-state index in [4.69, 9.17) is 4.74 Å². The number of nitrogens with zero attached hydrogens (tertiary/aromatic N) is 2. The van der Waals surface area contributed by atoms with Gasteiger partial charge >= 0.3 is 5.97 Å². The minimum Gasteiger partial charge on any atom is -0.477 e. The summed E-state index contributed by atoms with van der Waals surface area (Å²) in [6.07, 6.45) is 1.90. The average molecular weight is 471 g/mol. The van der Waals surface area contributed by atoms with Crippen molar-refractivity contribution in [2.45, 2.75) is 74.5 Å². The second kappa shape index (κ2) is 9.26. The zero-order valence-electron chi connectivity index (χ0n) is 19.9. The van der Waals surface area contributed by atoms with E-state index in [2.05, 4.69) is 12.1 Å². The highest BCUT2D eigenvalue weighted by Crippen LogP contribution is 2.51. The molecule has 8 heteroatoms. The molecule has 34 heavy (non-hydrogen) atoms. The summed E-state index contributed by atoms with van der Waals surface area (Å²) in [7, 11) is 3.86. The Labute approximate surface area is 199 Å². The number of hydrogen-bond acceptors (Lipinski definition) is 6. The van der Waals surface area contributed by atoms with Crippen LogP contribution < -0.4 is 5.56 Å². The van der Waals surface area contributed by atoms with Gasteiger partial charge in [0.1, 0.15) is 11.7 Å². The molecule has 2 saturated heterocycles. The molecule has 3 N–H and O–H groups in total. The number of rotatable bonds is 6. The van der Waals surface area contributed by atoms with Crippen molar-refractivity contribution < 1.29 is 24.9 Å². The van der Waals surface area contributed by atoms with Crippen LogP contribution in [-0.4, -0.2) is 74.3 Å². The quantitative estimate of drug-likeness (QED) is 0.593. The molecule has 0 spiro atoms. The van der Waals surface area contributed by atoms with Crippen LogP contribution in [0.1, 0.15) is 54.4 Å². The van der Waals surface area contributed by atoms with Crippen LogP contribution >= 0.6 is 0 Å². The van der Waals surface area contributed by atoms with E-state index in [1.165, 1.54) is 22.9 Å². The first-order valence-electron chi connectivity index (χ1n) is 11.8. The van der Waals surface area contributed by atoms with Gasteiger partial charge in [-0.2, -0.15) is 0 Å². The molecule has 2 aliphatic rings. The molecule has 8 nitrogen and oxygen atoms in total. The van der Waals surface area contributed by atoms with E-state index in [1.54, 1.807) is 0 Å². The van der Waals surface area contributed by atoms with E-state index in [-0.39, 0.29) is 24.1 Å². The predicted octanol–water partition coefficient (Wildman–Crippen LogP) is 2.08. The standard InChI is InChI=1S/C26H34N2O6/c1-25-14-18(17-8-5-4-6-9-17)15-26(34-25,12-11-20(22(25)30)27(2)3)21(29)16-28-13-7-10-19(23(28)31)24(32)33/h4-10,13,18,20-22,29-30H,11-12,14-16H2,1-3H3,(H,32,33)/t18-,20-,21?,22+,25+,26+/m1/s1. The maximum absolute atomic E-state index is 12.7. The topological polar surface area (TPSA) is 112 Å². The molecular formula is C26H34N2O6. The largest absolute Gasteiger partial charge is 0.477 e. The fraction of sp³-hybridized carbons (Fsp3) is 0.538. The highest BCUT2D eigenvalue weighted by molar-refractivity contribution is 5.86. The van der Waals surface area contributed by atoms with Gasteiger partial charge in [-0.3, -0.25) is 4.79 Å². The van der Waals surface area contributed by atoms with Gasteiger partial charge < -0.3 is 29.5 Å². The van der Waals surface area contributed by atoms with Crippen molar-refractivity contribution >= 4 is 5.97 Å². The Morgan fingerprint density at radius 2 is 1.91 bits per heavy atom. The van der Waals surface area contributed by atoms with Crippen LogP contribution in [0.4, 0.5) is 0 Å². The molecule has 0 amide bonds. The third-order valence-electron chi connectivity index (χ3n) is 7.70. The van der Waals surface area contributed by atoms with Crippen LogP contribution in [0, 0.1) is 0 Å². The number of ether oxygens (including phenoxy) is 1. The summed E-state index contributed by atoms with van der Waals surface area (Å²) in [5.41, 5.74) is -1.79. The Morgan fingerprint density at radius 1 is 1.21 bits per heavy atom. The van der Waals surface area contributed by atoms with Crippen LogP contribution in [0.2, 0.25) is 0 Å².